The predicted molar refractivity (Wildman–Crippen MR) is 113 cm³/mol. The van der Waals surface area contributed by atoms with E-state index in [2.05, 4.69) is 22.1 Å². The van der Waals surface area contributed by atoms with Crippen LogP contribution >= 0.6 is 0 Å². The van der Waals surface area contributed by atoms with Crippen LogP contribution in [-0.2, 0) is 11.3 Å². The van der Waals surface area contributed by atoms with Crippen molar-refractivity contribution in [2.75, 3.05) is 0 Å². The molecule has 1 saturated carbocycles. The summed E-state index contributed by atoms with van der Waals surface area (Å²) in [7, 11) is 0. The fourth-order valence-corrected chi connectivity index (χ4v) is 4.50. The van der Waals surface area contributed by atoms with E-state index in [9.17, 15) is 31.5 Å². The maximum atomic E-state index is 13.2. The van der Waals surface area contributed by atoms with Gasteiger partial charge in [0, 0.05) is 35.7 Å². The van der Waals surface area contributed by atoms with Gasteiger partial charge in [-0.25, -0.2) is 0 Å². The van der Waals surface area contributed by atoms with Gasteiger partial charge in [0.15, 0.2) is 0 Å². The molecule has 2 aromatic rings. The first kappa shape index (κ1) is 24.8. The highest BCUT2D eigenvalue weighted by atomic mass is 19.4. The molecule has 1 aromatic carbocycles. The third kappa shape index (κ3) is 5.35. The summed E-state index contributed by atoms with van der Waals surface area (Å²) in [6.07, 6.45) is -5.40. The SMILES string of the molecule is C=C(CCC(=O)N[C@@H]1CCCC[C@H]1N1Cc2ccc(-c3nnc(C(F)F)o3)cc2C1=O)C(F)(F)F. The molecule has 2 aliphatic rings. The fraction of sp³-hybridized carbons (Fsp3) is 0.478. The van der Waals surface area contributed by atoms with Crippen molar-refractivity contribution in [1.82, 2.24) is 20.4 Å². The molecule has 1 aliphatic heterocycles. The number of fused-ring (bicyclic) bond motifs is 1. The lowest BCUT2D eigenvalue weighted by atomic mass is 9.89. The van der Waals surface area contributed by atoms with E-state index in [1.54, 1.807) is 17.0 Å². The summed E-state index contributed by atoms with van der Waals surface area (Å²) in [5.74, 6) is -1.75. The van der Waals surface area contributed by atoms with Gasteiger partial charge in [0.1, 0.15) is 0 Å². The van der Waals surface area contributed by atoms with Gasteiger partial charge in [0.2, 0.25) is 11.8 Å². The molecule has 0 radical (unpaired) electrons. The third-order valence-electron chi connectivity index (χ3n) is 6.35. The van der Waals surface area contributed by atoms with Crippen molar-refractivity contribution in [2.45, 2.75) is 69.8 Å². The van der Waals surface area contributed by atoms with E-state index >= 15 is 0 Å². The van der Waals surface area contributed by atoms with E-state index in [1.807, 2.05) is 0 Å². The minimum absolute atomic E-state index is 0.127. The van der Waals surface area contributed by atoms with Crippen molar-refractivity contribution in [3.8, 4) is 11.5 Å². The molecule has 35 heavy (non-hydrogen) atoms. The van der Waals surface area contributed by atoms with Crippen molar-refractivity contribution < 1.29 is 36.0 Å². The number of aromatic nitrogens is 2. The second-order valence-electron chi connectivity index (χ2n) is 8.68. The number of nitrogens with zero attached hydrogens (tertiary/aromatic N) is 3. The summed E-state index contributed by atoms with van der Waals surface area (Å²) in [6, 6.07) is 4.09. The van der Waals surface area contributed by atoms with Crippen molar-refractivity contribution in [2.24, 2.45) is 0 Å². The van der Waals surface area contributed by atoms with Crippen LogP contribution in [0.5, 0.6) is 0 Å². The van der Waals surface area contributed by atoms with Crippen LogP contribution in [0.15, 0.2) is 34.8 Å². The number of amides is 2. The Hall–Kier alpha value is -3.31. The van der Waals surface area contributed by atoms with Gasteiger partial charge in [-0.3, -0.25) is 9.59 Å². The van der Waals surface area contributed by atoms with Crippen LogP contribution in [0.25, 0.3) is 11.5 Å². The quantitative estimate of drug-likeness (QED) is 0.431. The van der Waals surface area contributed by atoms with Crippen LogP contribution in [0.2, 0.25) is 0 Å². The number of carbonyl (C=O) groups excluding carboxylic acids is 2. The number of hydrogen-bond acceptors (Lipinski definition) is 5. The molecule has 1 aromatic heterocycles. The number of benzene rings is 1. The second kappa shape index (κ2) is 9.74. The van der Waals surface area contributed by atoms with Crippen molar-refractivity contribution in [3.05, 3.63) is 47.4 Å². The van der Waals surface area contributed by atoms with Gasteiger partial charge in [0.05, 0.1) is 6.04 Å². The van der Waals surface area contributed by atoms with Crippen molar-refractivity contribution in [1.29, 1.82) is 0 Å². The first-order valence-corrected chi connectivity index (χ1v) is 11.1. The van der Waals surface area contributed by atoms with E-state index in [0.29, 0.717) is 30.5 Å². The Morgan fingerprint density at radius 2 is 1.94 bits per heavy atom. The van der Waals surface area contributed by atoms with Crippen LogP contribution in [0.4, 0.5) is 22.0 Å². The minimum Gasteiger partial charge on any atom is -0.415 e. The Morgan fingerprint density at radius 3 is 2.63 bits per heavy atom. The summed E-state index contributed by atoms with van der Waals surface area (Å²) < 4.78 is 68.4. The molecule has 0 saturated heterocycles. The molecule has 1 fully saturated rings. The van der Waals surface area contributed by atoms with Gasteiger partial charge in [0.25, 0.3) is 11.8 Å². The Balaban J connectivity index is 1.45. The molecule has 1 aliphatic carbocycles. The second-order valence-corrected chi connectivity index (χ2v) is 8.68. The maximum absolute atomic E-state index is 13.2. The van der Waals surface area contributed by atoms with Crippen LogP contribution in [0.1, 0.15) is 66.8 Å². The number of hydrogen-bond donors (Lipinski definition) is 1. The number of alkyl halides is 5. The highest BCUT2D eigenvalue weighted by Crippen LogP contribution is 2.34. The number of nitrogens with one attached hydrogen (secondary N) is 1. The summed E-state index contributed by atoms with van der Waals surface area (Å²) in [4.78, 5) is 27.2. The van der Waals surface area contributed by atoms with Crippen molar-refractivity contribution in [3.63, 3.8) is 0 Å². The molecule has 12 heteroatoms. The van der Waals surface area contributed by atoms with Gasteiger partial charge in [-0.05, 0) is 37.0 Å². The van der Waals surface area contributed by atoms with Crippen LogP contribution in [-0.4, -0.2) is 45.2 Å². The van der Waals surface area contributed by atoms with Gasteiger partial charge in [-0.2, -0.15) is 22.0 Å². The lowest BCUT2D eigenvalue weighted by Crippen LogP contribution is -2.53. The first-order chi connectivity index (χ1) is 16.5. The van der Waals surface area contributed by atoms with E-state index in [0.717, 1.165) is 18.4 Å². The molecular weight excluding hydrogens is 475 g/mol. The normalized spacial score (nSPS) is 20.3. The number of rotatable bonds is 7. The topological polar surface area (TPSA) is 88.3 Å². The lowest BCUT2D eigenvalue weighted by molar-refractivity contribution is -0.123. The first-order valence-electron chi connectivity index (χ1n) is 11.1. The van der Waals surface area contributed by atoms with E-state index in [1.165, 1.54) is 6.07 Å². The zero-order valence-corrected chi connectivity index (χ0v) is 18.6. The number of carbonyl (C=O) groups is 2. The van der Waals surface area contributed by atoms with Crippen molar-refractivity contribution >= 4 is 11.8 Å². The predicted octanol–water partition coefficient (Wildman–Crippen LogP) is 4.96. The smallest absolute Gasteiger partial charge is 0.412 e. The zero-order valence-electron chi connectivity index (χ0n) is 18.6. The Morgan fingerprint density at radius 1 is 1.20 bits per heavy atom. The van der Waals surface area contributed by atoms with Gasteiger partial charge in [-0.1, -0.05) is 25.5 Å². The molecule has 2 atom stereocenters. The molecule has 1 N–H and O–H groups in total. The minimum atomic E-state index is -4.54. The average Bonchev–Trinajstić information content (AvgIpc) is 3.42. The van der Waals surface area contributed by atoms with Crippen LogP contribution in [0, 0.1) is 0 Å². The standard InChI is InChI=1S/C23H23F5N4O3/c1-12(23(26,27)28)6-9-18(33)29-16-4-2-3-5-17(16)32-11-14-8-7-13(10-15(14)22(32)34)20-30-31-21(35-20)19(24)25/h7-8,10,16-17,19H,1-6,9,11H2,(H,29,33)/t16-,17-/m1/s1. The van der Waals surface area contributed by atoms with Gasteiger partial charge < -0.3 is 14.6 Å². The Bertz CT molecular complexity index is 1130. The van der Waals surface area contributed by atoms with E-state index in [-0.39, 0.29) is 24.3 Å². The molecule has 2 heterocycles. The van der Waals surface area contributed by atoms with Gasteiger partial charge in [-0.15, -0.1) is 10.2 Å². The average molecular weight is 498 g/mol. The lowest BCUT2D eigenvalue weighted by Gasteiger charge is -2.38. The molecule has 0 spiro atoms. The zero-order chi connectivity index (χ0) is 25.3. The van der Waals surface area contributed by atoms with E-state index in [4.69, 9.17) is 4.42 Å². The highest BCUT2D eigenvalue weighted by Gasteiger charge is 2.39. The highest BCUT2D eigenvalue weighted by molar-refractivity contribution is 5.99. The van der Waals surface area contributed by atoms with Crippen LogP contribution in [0.3, 0.4) is 0 Å². The summed E-state index contributed by atoms with van der Waals surface area (Å²) in [6.45, 7) is 3.28. The molecule has 2 amide bonds. The molecule has 188 valence electrons. The maximum Gasteiger partial charge on any atom is 0.412 e. The molecular formula is C23H23F5N4O3. The third-order valence-corrected chi connectivity index (χ3v) is 6.35. The monoisotopic (exact) mass is 498 g/mol. The molecule has 4 rings (SSSR count). The number of allylic oxidation sites excluding steroid dienone is 1. The summed E-state index contributed by atoms with van der Waals surface area (Å²) in [5, 5.41) is 9.72. The Kier molecular flexibility index (Phi) is 6.91. The summed E-state index contributed by atoms with van der Waals surface area (Å²) >= 11 is 0. The van der Waals surface area contributed by atoms with Crippen LogP contribution < -0.4 is 5.32 Å². The van der Waals surface area contributed by atoms with E-state index < -0.39 is 42.4 Å². The van der Waals surface area contributed by atoms with Gasteiger partial charge >= 0.3 is 12.6 Å². The molecule has 0 bridgehead atoms. The molecule has 0 unspecified atom stereocenters. The Labute approximate surface area is 197 Å². The summed E-state index contributed by atoms with van der Waals surface area (Å²) in [5.41, 5.74) is 0.466. The number of halogens is 5. The molecule has 7 nitrogen and oxygen atoms in total. The fourth-order valence-electron chi connectivity index (χ4n) is 4.50. The largest absolute Gasteiger partial charge is 0.415 e.